The van der Waals surface area contributed by atoms with Gasteiger partial charge in [0.25, 0.3) is 0 Å². The van der Waals surface area contributed by atoms with E-state index in [1.54, 1.807) is 11.3 Å². The molecule has 0 radical (unpaired) electrons. The van der Waals surface area contributed by atoms with Crippen molar-refractivity contribution < 1.29 is 14.3 Å². The molecule has 7 heteroatoms. The molecule has 1 aromatic carbocycles. The highest BCUT2D eigenvalue weighted by atomic mass is 32.1. The highest BCUT2D eigenvalue weighted by molar-refractivity contribution is 7.18. The molecule has 2 aliphatic heterocycles. The Balaban J connectivity index is 1.53. The molecule has 1 atom stereocenters. The molecule has 4 rings (SSSR count). The number of likely N-dealkylation sites (tertiary alicyclic amines) is 1. The SMILES string of the molecule is O=C1OCCN1CC(=O)N1CCC[C@H]1c1nc2ccccc2s1. The quantitative estimate of drug-likeness (QED) is 0.866. The maximum absolute atomic E-state index is 12.6. The van der Waals surface area contributed by atoms with Crippen molar-refractivity contribution in [1.29, 1.82) is 0 Å². The average Bonchev–Trinajstić information content (AvgIpc) is 3.26. The fourth-order valence-electron chi connectivity index (χ4n) is 3.18. The number of para-hydroxylation sites is 1. The van der Waals surface area contributed by atoms with Crippen LogP contribution in [0.4, 0.5) is 4.79 Å². The summed E-state index contributed by atoms with van der Waals surface area (Å²) in [7, 11) is 0. The molecular weight excluding hydrogens is 314 g/mol. The van der Waals surface area contributed by atoms with Crippen LogP contribution in [0.3, 0.4) is 0 Å². The van der Waals surface area contributed by atoms with E-state index in [0.29, 0.717) is 13.2 Å². The largest absolute Gasteiger partial charge is 0.448 e. The zero-order valence-electron chi connectivity index (χ0n) is 12.6. The lowest BCUT2D eigenvalue weighted by molar-refractivity contribution is -0.132. The molecule has 2 amide bonds. The molecule has 3 heterocycles. The van der Waals surface area contributed by atoms with Crippen LogP contribution in [0.15, 0.2) is 24.3 Å². The van der Waals surface area contributed by atoms with Crippen LogP contribution in [0, 0.1) is 0 Å². The van der Waals surface area contributed by atoms with Gasteiger partial charge in [0.05, 0.1) is 22.8 Å². The minimum Gasteiger partial charge on any atom is -0.448 e. The Bertz CT molecular complexity index is 727. The molecule has 120 valence electrons. The highest BCUT2D eigenvalue weighted by Crippen LogP contribution is 2.36. The van der Waals surface area contributed by atoms with Crippen molar-refractivity contribution in [2.45, 2.75) is 18.9 Å². The number of rotatable bonds is 3. The van der Waals surface area contributed by atoms with Gasteiger partial charge in [0.2, 0.25) is 5.91 Å². The topological polar surface area (TPSA) is 62.7 Å². The van der Waals surface area contributed by atoms with Gasteiger partial charge >= 0.3 is 6.09 Å². The fourth-order valence-corrected chi connectivity index (χ4v) is 4.29. The van der Waals surface area contributed by atoms with E-state index in [0.717, 1.165) is 34.6 Å². The monoisotopic (exact) mass is 331 g/mol. The van der Waals surface area contributed by atoms with Crippen molar-refractivity contribution in [3.05, 3.63) is 29.3 Å². The number of thiazole rings is 1. The van der Waals surface area contributed by atoms with Crippen LogP contribution in [-0.4, -0.2) is 53.0 Å². The summed E-state index contributed by atoms with van der Waals surface area (Å²) in [4.78, 5) is 32.1. The standard InChI is InChI=1S/C16H17N3O3S/c20-14(10-18-8-9-22-16(18)21)19-7-3-5-12(19)15-17-11-4-1-2-6-13(11)23-15/h1-2,4,6,12H,3,5,7-10H2/t12-/m0/s1. The average molecular weight is 331 g/mol. The first-order valence-corrected chi connectivity index (χ1v) is 8.60. The van der Waals surface area contributed by atoms with Crippen LogP contribution in [0.2, 0.25) is 0 Å². The van der Waals surface area contributed by atoms with E-state index in [9.17, 15) is 9.59 Å². The molecule has 0 saturated carbocycles. The van der Waals surface area contributed by atoms with Gasteiger partial charge in [-0.3, -0.25) is 9.69 Å². The van der Waals surface area contributed by atoms with Crippen molar-refractivity contribution in [1.82, 2.24) is 14.8 Å². The maximum Gasteiger partial charge on any atom is 0.410 e. The Labute approximate surface area is 137 Å². The number of carbonyl (C=O) groups excluding carboxylic acids is 2. The Hall–Kier alpha value is -2.15. The number of nitrogens with zero attached hydrogens (tertiary/aromatic N) is 3. The second-order valence-electron chi connectivity index (χ2n) is 5.80. The van der Waals surface area contributed by atoms with Gasteiger partial charge in [-0.2, -0.15) is 0 Å². The molecule has 0 bridgehead atoms. The summed E-state index contributed by atoms with van der Waals surface area (Å²) in [6.07, 6.45) is 1.50. The van der Waals surface area contributed by atoms with Crippen LogP contribution < -0.4 is 0 Å². The molecule has 2 aromatic rings. The van der Waals surface area contributed by atoms with Crippen molar-refractivity contribution in [2.24, 2.45) is 0 Å². The number of carbonyl (C=O) groups is 2. The van der Waals surface area contributed by atoms with Crippen molar-refractivity contribution in [3.63, 3.8) is 0 Å². The summed E-state index contributed by atoms with van der Waals surface area (Å²) in [6, 6.07) is 8.05. The van der Waals surface area contributed by atoms with E-state index in [2.05, 4.69) is 6.07 Å². The van der Waals surface area contributed by atoms with Gasteiger partial charge in [-0.1, -0.05) is 12.1 Å². The molecule has 2 fully saturated rings. The summed E-state index contributed by atoms with van der Waals surface area (Å²) in [5.74, 6) is -0.0226. The predicted molar refractivity (Wildman–Crippen MR) is 86.2 cm³/mol. The zero-order chi connectivity index (χ0) is 15.8. The van der Waals surface area contributed by atoms with Gasteiger partial charge in [-0.05, 0) is 25.0 Å². The lowest BCUT2D eigenvalue weighted by atomic mass is 10.2. The Morgan fingerprint density at radius 3 is 3.00 bits per heavy atom. The first-order valence-electron chi connectivity index (χ1n) is 7.79. The third kappa shape index (κ3) is 2.65. The molecule has 0 aliphatic carbocycles. The summed E-state index contributed by atoms with van der Waals surface area (Å²) < 4.78 is 6.03. The minimum atomic E-state index is -0.394. The fraction of sp³-hybridized carbons (Fsp3) is 0.438. The van der Waals surface area contributed by atoms with Crippen LogP contribution in [0.1, 0.15) is 23.9 Å². The summed E-state index contributed by atoms with van der Waals surface area (Å²) in [5, 5.41) is 0.987. The smallest absolute Gasteiger partial charge is 0.410 e. The van der Waals surface area contributed by atoms with Crippen molar-refractivity contribution >= 4 is 33.6 Å². The van der Waals surface area contributed by atoms with E-state index in [-0.39, 0.29) is 18.5 Å². The van der Waals surface area contributed by atoms with E-state index in [4.69, 9.17) is 9.72 Å². The molecule has 0 unspecified atom stereocenters. The first kappa shape index (κ1) is 14.4. The van der Waals surface area contributed by atoms with Gasteiger partial charge in [0.1, 0.15) is 18.2 Å². The third-order valence-corrected chi connectivity index (χ3v) is 5.48. The number of hydrogen-bond donors (Lipinski definition) is 0. The van der Waals surface area contributed by atoms with Gasteiger partial charge in [-0.15, -0.1) is 11.3 Å². The first-order chi connectivity index (χ1) is 11.2. The molecule has 1 aromatic heterocycles. The molecule has 23 heavy (non-hydrogen) atoms. The zero-order valence-corrected chi connectivity index (χ0v) is 13.4. The lowest BCUT2D eigenvalue weighted by Crippen LogP contribution is -2.40. The van der Waals surface area contributed by atoms with Crippen LogP contribution in [0.5, 0.6) is 0 Å². The number of hydrogen-bond acceptors (Lipinski definition) is 5. The summed E-state index contributed by atoms with van der Waals surface area (Å²) in [6.45, 7) is 1.68. The van der Waals surface area contributed by atoms with E-state index >= 15 is 0 Å². The van der Waals surface area contributed by atoms with Gasteiger partial charge < -0.3 is 9.64 Å². The minimum absolute atomic E-state index is 0.0226. The number of aromatic nitrogens is 1. The highest BCUT2D eigenvalue weighted by Gasteiger charge is 2.34. The number of amides is 2. The number of benzene rings is 1. The second kappa shape index (κ2) is 5.81. The van der Waals surface area contributed by atoms with Crippen molar-refractivity contribution in [3.8, 4) is 0 Å². The molecule has 0 spiro atoms. The Morgan fingerprint density at radius 2 is 2.22 bits per heavy atom. The Kier molecular flexibility index (Phi) is 3.65. The number of ether oxygens (including phenoxy) is 1. The number of fused-ring (bicyclic) bond motifs is 1. The maximum atomic E-state index is 12.6. The summed E-state index contributed by atoms with van der Waals surface area (Å²) in [5.41, 5.74) is 0.981. The van der Waals surface area contributed by atoms with E-state index in [1.165, 1.54) is 4.90 Å². The predicted octanol–water partition coefficient (Wildman–Crippen LogP) is 2.41. The van der Waals surface area contributed by atoms with Crippen LogP contribution in [-0.2, 0) is 9.53 Å². The normalized spacial score (nSPS) is 21.2. The molecular formula is C16H17N3O3S. The van der Waals surface area contributed by atoms with Crippen LogP contribution >= 0.6 is 11.3 Å². The van der Waals surface area contributed by atoms with Gasteiger partial charge in [0, 0.05) is 6.54 Å². The van der Waals surface area contributed by atoms with E-state index in [1.807, 2.05) is 23.1 Å². The molecule has 2 aliphatic rings. The van der Waals surface area contributed by atoms with Crippen LogP contribution in [0.25, 0.3) is 10.2 Å². The Morgan fingerprint density at radius 1 is 1.35 bits per heavy atom. The van der Waals surface area contributed by atoms with Crippen molar-refractivity contribution in [2.75, 3.05) is 26.2 Å². The van der Waals surface area contributed by atoms with Gasteiger partial charge in [0.15, 0.2) is 0 Å². The third-order valence-electron chi connectivity index (χ3n) is 4.34. The van der Waals surface area contributed by atoms with E-state index < -0.39 is 6.09 Å². The molecule has 6 nitrogen and oxygen atoms in total. The molecule has 2 saturated heterocycles. The summed E-state index contributed by atoms with van der Waals surface area (Å²) >= 11 is 1.65. The number of cyclic esters (lactones) is 1. The van der Waals surface area contributed by atoms with Gasteiger partial charge in [-0.25, -0.2) is 9.78 Å². The molecule has 0 N–H and O–H groups in total. The second-order valence-corrected chi connectivity index (χ2v) is 6.86. The lowest BCUT2D eigenvalue weighted by Gasteiger charge is -2.25.